The number of H-pyrrole nitrogens is 1. The van der Waals surface area contributed by atoms with Gasteiger partial charge in [0.25, 0.3) is 5.91 Å². The minimum Gasteiger partial charge on any atom is -0.467 e. The number of benzene rings is 2. The van der Waals surface area contributed by atoms with Crippen LogP contribution in [0.15, 0.2) is 85.2 Å². The molecule has 0 aliphatic rings. The van der Waals surface area contributed by atoms with Gasteiger partial charge in [-0.15, -0.1) is 0 Å². The Kier molecular flexibility index (Phi) is 7.46. The van der Waals surface area contributed by atoms with E-state index in [4.69, 9.17) is 9.47 Å². The molecule has 1 atom stereocenters. The van der Waals surface area contributed by atoms with Gasteiger partial charge in [-0.05, 0) is 36.8 Å². The molecule has 0 unspecified atom stereocenters. The second kappa shape index (κ2) is 11.3. The Bertz CT molecular complexity index is 1730. The quantitative estimate of drug-likeness (QED) is 0.213. The summed E-state index contributed by atoms with van der Waals surface area (Å²) < 4.78 is 11.7. The number of aromatic amines is 1. The molecule has 0 radical (unpaired) electrons. The van der Waals surface area contributed by atoms with E-state index in [1.165, 1.54) is 25.3 Å². The van der Waals surface area contributed by atoms with Gasteiger partial charge < -0.3 is 24.2 Å². The average molecular weight is 538 g/mol. The number of pyridine rings is 1. The van der Waals surface area contributed by atoms with Crippen molar-refractivity contribution in [2.45, 2.75) is 19.4 Å². The lowest BCUT2D eigenvalue weighted by Gasteiger charge is -2.16. The van der Waals surface area contributed by atoms with Gasteiger partial charge >= 0.3 is 11.9 Å². The van der Waals surface area contributed by atoms with Crippen molar-refractivity contribution in [3.8, 4) is 0 Å². The molecule has 0 spiro atoms. The number of hydrogen-bond donors (Lipinski definition) is 2. The molecule has 2 N–H and O–H groups in total. The van der Waals surface area contributed by atoms with Crippen LogP contribution in [0.25, 0.3) is 16.4 Å². The molecule has 9 nitrogen and oxygen atoms in total. The maximum atomic E-state index is 13.4. The fourth-order valence-corrected chi connectivity index (χ4v) is 4.72. The van der Waals surface area contributed by atoms with Gasteiger partial charge in [-0.1, -0.05) is 48.5 Å². The monoisotopic (exact) mass is 537 g/mol. The first-order valence-corrected chi connectivity index (χ1v) is 12.8. The second-order valence-corrected chi connectivity index (χ2v) is 9.14. The summed E-state index contributed by atoms with van der Waals surface area (Å²) in [5.41, 5.74) is 3.15. The largest absolute Gasteiger partial charge is 0.467 e. The number of esters is 2. The summed E-state index contributed by atoms with van der Waals surface area (Å²) in [5.74, 6) is -2.03. The Morgan fingerprint density at radius 1 is 0.950 bits per heavy atom. The molecule has 3 aromatic heterocycles. The van der Waals surface area contributed by atoms with Crippen LogP contribution in [0, 0.1) is 0 Å². The molecular formula is C31H27N3O6. The summed E-state index contributed by atoms with van der Waals surface area (Å²) in [6.07, 6.45) is 3.56. The van der Waals surface area contributed by atoms with Gasteiger partial charge in [-0.2, -0.15) is 0 Å². The van der Waals surface area contributed by atoms with Crippen molar-refractivity contribution in [1.82, 2.24) is 14.7 Å². The lowest BCUT2D eigenvalue weighted by molar-refractivity contribution is -0.142. The molecule has 0 fully saturated rings. The third-order valence-corrected chi connectivity index (χ3v) is 6.69. The summed E-state index contributed by atoms with van der Waals surface area (Å²) in [6.45, 7) is 1.83. The predicted molar refractivity (Wildman–Crippen MR) is 149 cm³/mol. The number of ether oxygens (including phenoxy) is 2. The number of hydrogen-bond acceptors (Lipinski definition) is 6. The third-order valence-electron chi connectivity index (χ3n) is 6.69. The van der Waals surface area contributed by atoms with E-state index in [2.05, 4.69) is 10.3 Å². The average Bonchev–Trinajstić information content (AvgIpc) is 3.58. The molecule has 202 valence electrons. The van der Waals surface area contributed by atoms with E-state index < -0.39 is 23.9 Å². The van der Waals surface area contributed by atoms with Gasteiger partial charge in [-0.25, -0.2) is 9.59 Å². The molecule has 40 heavy (non-hydrogen) atoms. The highest BCUT2D eigenvalue weighted by Crippen LogP contribution is 2.23. The molecule has 1 amide bonds. The predicted octanol–water partition coefficient (Wildman–Crippen LogP) is 4.34. The van der Waals surface area contributed by atoms with Crippen LogP contribution in [0.3, 0.4) is 0 Å². The zero-order chi connectivity index (χ0) is 28.2. The maximum absolute atomic E-state index is 13.4. The molecule has 5 aromatic rings. The number of carbonyl (C=O) groups excluding carboxylic acids is 4. The molecule has 5 rings (SSSR count). The van der Waals surface area contributed by atoms with Crippen molar-refractivity contribution in [3.05, 3.63) is 113 Å². The number of rotatable bonds is 9. The number of fused-ring (bicyclic) bond motifs is 2. The minimum atomic E-state index is -0.959. The van der Waals surface area contributed by atoms with E-state index in [9.17, 15) is 19.2 Å². The zero-order valence-corrected chi connectivity index (χ0v) is 22.0. The lowest BCUT2D eigenvalue weighted by Crippen LogP contribution is -2.43. The molecule has 0 saturated carbocycles. The van der Waals surface area contributed by atoms with Gasteiger partial charge in [0.15, 0.2) is 0 Å². The fourth-order valence-electron chi connectivity index (χ4n) is 4.72. The highest BCUT2D eigenvalue weighted by atomic mass is 16.5. The first kappa shape index (κ1) is 26.4. The summed E-state index contributed by atoms with van der Waals surface area (Å²) in [5, 5.41) is 3.70. The lowest BCUT2D eigenvalue weighted by atomic mass is 10.0. The van der Waals surface area contributed by atoms with Gasteiger partial charge in [-0.3, -0.25) is 9.59 Å². The highest BCUT2D eigenvalue weighted by molar-refractivity contribution is 6.11. The van der Waals surface area contributed by atoms with Crippen LogP contribution in [0.2, 0.25) is 0 Å². The molecule has 3 heterocycles. The number of aromatic nitrogens is 2. The Hall–Kier alpha value is -5.18. The Morgan fingerprint density at radius 3 is 2.45 bits per heavy atom. The summed E-state index contributed by atoms with van der Waals surface area (Å²) in [4.78, 5) is 55.2. The first-order chi connectivity index (χ1) is 19.4. The van der Waals surface area contributed by atoms with Gasteiger partial charge in [0.1, 0.15) is 6.04 Å². The van der Waals surface area contributed by atoms with Crippen molar-refractivity contribution >= 4 is 40.0 Å². The van der Waals surface area contributed by atoms with Crippen LogP contribution in [-0.4, -0.2) is 52.8 Å². The molecule has 9 heteroatoms. The summed E-state index contributed by atoms with van der Waals surface area (Å²) in [7, 11) is 1.26. The maximum Gasteiger partial charge on any atom is 0.340 e. The first-order valence-electron chi connectivity index (χ1n) is 12.8. The fraction of sp³-hybridized carbons (Fsp3) is 0.161. The van der Waals surface area contributed by atoms with Crippen molar-refractivity contribution in [2.24, 2.45) is 0 Å². The SMILES string of the molecule is CCOC(=O)c1cc(C(=O)c2ccccc2)n2ccc(C(=O)N[C@@H](Cc3c[nH]c4ccccc34)C(=O)OC)cc12. The van der Waals surface area contributed by atoms with E-state index in [0.717, 1.165) is 16.5 Å². The Balaban J connectivity index is 1.48. The molecule has 0 saturated heterocycles. The Morgan fingerprint density at radius 2 is 1.70 bits per heavy atom. The van der Waals surface area contributed by atoms with Crippen LogP contribution in [0.1, 0.15) is 49.3 Å². The number of methoxy groups -OCH3 is 1. The number of nitrogens with one attached hydrogen (secondary N) is 2. The topological polar surface area (TPSA) is 119 Å². The molecular weight excluding hydrogens is 510 g/mol. The second-order valence-electron chi connectivity index (χ2n) is 9.14. The van der Waals surface area contributed by atoms with Crippen molar-refractivity contribution in [1.29, 1.82) is 0 Å². The van der Waals surface area contributed by atoms with Gasteiger partial charge in [0.05, 0.1) is 30.5 Å². The smallest absolute Gasteiger partial charge is 0.340 e. The normalized spacial score (nSPS) is 11.8. The number of amides is 1. The third kappa shape index (κ3) is 5.09. The van der Waals surface area contributed by atoms with E-state index in [1.807, 2.05) is 30.3 Å². The number of carbonyl (C=O) groups is 4. The van der Waals surface area contributed by atoms with Crippen LogP contribution < -0.4 is 5.32 Å². The highest BCUT2D eigenvalue weighted by Gasteiger charge is 2.26. The van der Waals surface area contributed by atoms with E-state index >= 15 is 0 Å². The van der Waals surface area contributed by atoms with Crippen molar-refractivity contribution in [3.63, 3.8) is 0 Å². The van der Waals surface area contributed by atoms with Crippen molar-refractivity contribution in [2.75, 3.05) is 13.7 Å². The van der Waals surface area contributed by atoms with Gasteiger partial charge in [0.2, 0.25) is 5.78 Å². The number of para-hydroxylation sites is 1. The van der Waals surface area contributed by atoms with E-state index in [0.29, 0.717) is 11.1 Å². The number of nitrogens with zero attached hydrogens (tertiary/aromatic N) is 1. The standard InChI is InChI=1S/C31H27N3O6/c1-3-40-30(37)23-17-27(28(35)19-9-5-4-6-10-19)34-14-13-20(16-26(23)34)29(36)33-25(31(38)39-2)15-21-18-32-24-12-8-7-11-22(21)24/h4-14,16-18,25,32H,3,15H2,1-2H3,(H,33,36)/t25-/m0/s1. The molecule has 2 aromatic carbocycles. The molecule has 0 aliphatic heterocycles. The van der Waals surface area contributed by atoms with E-state index in [1.54, 1.807) is 48.0 Å². The van der Waals surface area contributed by atoms with Crippen LogP contribution in [-0.2, 0) is 20.7 Å². The molecule has 0 bridgehead atoms. The van der Waals surface area contributed by atoms with Crippen molar-refractivity contribution < 1.29 is 28.7 Å². The van der Waals surface area contributed by atoms with Crippen LogP contribution in [0.5, 0.6) is 0 Å². The molecule has 0 aliphatic carbocycles. The minimum absolute atomic E-state index is 0.146. The summed E-state index contributed by atoms with van der Waals surface area (Å²) in [6, 6.07) is 19.9. The van der Waals surface area contributed by atoms with Gasteiger partial charge in [0, 0.05) is 40.8 Å². The zero-order valence-electron chi connectivity index (χ0n) is 22.0. The number of ketones is 1. The van der Waals surface area contributed by atoms with E-state index in [-0.39, 0.29) is 35.6 Å². The Labute approximate surface area is 229 Å². The van der Waals surface area contributed by atoms with Crippen LogP contribution in [0.4, 0.5) is 0 Å². The van der Waals surface area contributed by atoms with Crippen LogP contribution >= 0.6 is 0 Å². The summed E-state index contributed by atoms with van der Waals surface area (Å²) >= 11 is 0.